The third-order valence-electron chi connectivity index (χ3n) is 2.87. The molecule has 0 aliphatic heterocycles. The molecule has 0 bridgehead atoms. The quantitative estimate of drug-likeness (QED) is 0.922. The van der Waals surface area contributed by atoms with Gasteiger partial charge in [-0.2, -0.15) is 5.10 Å². The zero-order valence-corrected chi connectivity index (χ0v) is 10.4. The molecule has 2 aromatic rings. The molecule has 1 fully saturated rings. The van der Waals surface area contributed by atoms with Crippen molar-refractivity contribution in [1.82, 2.24) is 15.1 Å². The Morgan fingerprint density at radius 2 is 2.06 bits per heavy atom. The van der Waals surface area contributed by atoms with Gasteiger partial charge in [0, 0.05) is 6.04 Å². The molecule has 1 saturated carbocycles. The van der Waals surface area contributed by atoms with Gasteiger partial charge in [-0.1, -0.05) is 29.8 Å². The smallest absolute Gasteiger partial charge is 0.256 e. The van der Waals surface area contributed by atoms with E-state index in [1.165, 1.54) is 6.20 Å². The number of benzene rings is 1. The van der Waals surface area contributed by atoms with Gasteiger partial charge in [0.25, 0.3) is 5.91 Å². The molecule has 1 amide bonds. The van der Waals surface area contributed by atoms with Crippen molar-refractivity contribution in [2.75, 3.05) is 0 Å². The van der Waals surface area contributed by atoms with Crippen molar-refractivity contribution in [2.24, 2.45) is 0 Å². The van der Waals surface area contributed by atoms with Crippen LogP contribution >= 0.6 is 11.6 Å². The summed E-state index contributed by atoms with van der Waals surface area (Å²) >= 11 is 6.20. The molecule has 1 aliphatic carbocycles. The fraction of sp³-hybridized carbons (Fsp3) is 0.231. The highest BCUT2D eigenvalue weighted by Crippen LogP contribution is 2.23. The number of carbonyl (C=O) groups excluding carboxylic acids is 1. The number of carbonyl (C=O) groups is 1. The lowest BCUT2D eigenvalue weighted by Gasteiger charge is -2.04. The summed E-state index contributed by atoms with van der Waals surface area (Å²) in [6.07, 6.45) is 3.61. The first kappa shape index (κ1) is 11.3. The summed E-state index contributed by atoms with van der Waals surface area (Å²) in [5.41, 5.74) is 1.26. The maximum Gasteiger partial charge on any atom is 0.256 e. The largest absolute Gasteiger partial charge is 0.349 e. The zero-order chi connectivity index (χ0) is 12.5. The second-order valence-electron chi connectivity index (χ2n) is 4.34. The van der Waals surface area contributed by atoms with Crippen LogP contribution in [0, 0.1) is 0 Å². The Hall–Kier alpha value is -1.81. The molecule has 0 atom stereocenters. The first-order valence-electron chi connectivity index (χ1n) is 5.85. The summed E-state index contributed by atoms with van der Waals surface area (Å²) in [4.78, 5) is 11.9. The van der Waals surface area contributed by atoms with Gasteiger partial charge >= 0.3 is 0 Å². The Kier molecular flexibility index (Phi) is 2.80. The minimum atomic E-state index is -0.148. The maximum atomic E-state index is 11.9. The molecular weight excluding hydrogens is 250 g/mol. The predicted molar refractivity (Wildman–Crippen MR) is 69.1 cm³/mol. The van der Waals surface area contributed by atoms with Crippen LogP contribution in [0.15, 0.2) is 36.5 Å². The number of halogens is 1. The number of nitrogens with one attached hydrogen (secondary N) is 1. The van der Waals surface area contributed by atoms with E-state index in [0.29, 0.717) is 16.8 Å². The van der Waals surface area contributed by atoms with Crippen LogP contribution in [-0.4, -0.2) is 21.7 Å². The van der Waals surface area contributed by atoms with Crippen molar-refractivity contribution < 1.29 is 4.79 Å². The van der Waals surface area contributed by atoms with Gasteiger partial charge in [0.2, 0.25) is 0 Å². The van der Waals surface area contributed by atoms with Crippen LogP contribution in [0.3, 0.4) is 0 Å². The molecule has 1 aliphatic rings. The number of aromatic nitrogens is 2. The van der Waals surface area contributed by atoms with Crippen LogP contribution in [0.1, 0.15) is 23.2 Å². The van der Waals surface area contributed by atoms with Gasteiger partial charge in [-0.25, -0.2) is 4.68 Å². The SMILES string of the molecule is O=C(NC1CC1)c1cnn(-c2ccccc2)c1Cl. The lowest BCUT2D eigenvalue weighted by Crippen LogP contribution is -2.25. The highest BCUT2D eigenvalue weighted by Gasteiger charge is 2.26. The average Bonchev–Trinajstić information content (AvgIpc) is 3.11. The maximum absolute atomic E-state index is 11.9. The first-order valence-corrected chi connectivity index (χ1v) is 6.23. The highest BCUT2D eigenvalue weighted by atomic mass is 35.5. The van der Waals surface area contributed by atoms with Gasteiger partial charge in [-0.05, 0) is 25.0 Å². The summed E-state index contributed by atoms with van der Waals surface area (Å²) in [6, 6.07) is 9.81. The van der Waals surface area contributed by atoms with Gasteiger partial charge in [-0.15, -0.1) is 0 Å². The Bertz CT molecular complexity index is 575. The number of hydrogen-bond acceptors (Lipinski definition) is 2. The van der Waals surface area contributed by atoms with E-state index >= 15 is 0 Å². The third-order valence-corrected chi connectivity index (χ3v) is 3.23. The fourth-order valence-electron chi connectivity index (χ4n) is 1.73. The summed E-state index contributed by atoms with van der Waals surface area (Å²) < 4.78 is 1.56. The van der Waals surface area contributed by atoms with Crippen LogP contribution in [-0.2, 0) is 0 Å². The molecule has 0 unspecified atom stereocenters. The number of rotatable bonds is 3. The normalized spacial score (nSPS) is 14.5. The Balaban J connectivity index is 1.89. The first-order chi connectivity index (χ1) is 8.75. The van der Waals surface area contributed by atoms with E-state index < -0.39 is 0 Å². The van der Waals surface area contributed by atoms with Gasteiger partial charge in [0.05, 0.1) is 17.4 Å². The van der Waals surface area contributed by atoms with Gasteiger partial charge < -0.3 is 5.32 Å². The highest BCUT2D eigenvalue weighted by molar-refractivity contribution is 6.33. The molecule has 0 saturated heterocycles. The lowest BCUT2D eigenvalue weighted by molar-refractivity contribution is 0.0951. The molecule has 1 aromatic heterocycles. The summed E-state index contributed by atoms with van der Waals surface area (Å²) in [5, 5.41) is 7.40. The van der Waals surface area contributed by atoms with E-state index in [1.54, 1.807) is 4.68 Å². The second kappa shape index (κ2) is 4.46. The van der Waals surface area contributed by atoms with E-state index in [-0.39, 0.29) is 5.91 Å². The molecule has 3 rings (SSSR count). The minimum Gasteiger partial charge on any atom is -0.349 e. The van der Waals surface area contributed by atoms with Crippen LogP contribution in [0.25, 0.3) is 5.69 Å². The summed E-state index contributed by atoms with van der Waals surface area (Å²) in [7, 11) is 0. The predicted octanol–water partition coefficient (Wildman–Crippen LogP) is 2.42. The summed E-state index contributed by atoms with van der Waals surface area (Å²) in [5.74, 6) is -0.148. The number of hydrogen-bond donors (Lipinski definition) is 1. The Labute approximate surface area is 110 Å². The fourth-order valence-corrected chi connectivity index (χ4v) is 2.00. The molecule has 92 valence electrons. The van der Waals surface area contributed by atoms with Crippen LogP contribution in [0.2, 0.25) is 5.15 Å². The standard InChI is InChI=1S/C13H12ClN3O/c14-12-11(13(18)16-9-6-7-9)8-15-17(12)10-4-2-1-3-5-10/h1-5,8-9H,6-7H2,(H,16,18). The van der Waals surface area contributed by atoms with Crippen molar-refractivity contribution in [1.29, 1.82) is 0 Å². The van der Waals surface area contributed by atoms with Gasteiger partial charge in [0.1, 0.15) is 5.15 Å². The van der Waals surface area contributed by atoms with Gasteiger partial charge in [0.15, 0.2) is 0 Å². The number of para-hydroxylation sites is 1. The lowest BCUT2D eigenvalue weighted by atomic mass is 10.3. The second-order valence-corrected chi connectivity index (χ2v) is 4.70. The topological polar surface area (TPSA) is 46.9 Å². The van der Waals surface area contributed by atoms with E-state index in [9.17, 15) is 4.79 Å². The zero-order valence-electron chi connectivity index (χ0n) is 9.64. The molecule has 1 heterocycles. The molecule has 18 heavy (non-hydrogen) atoms. The third kappa shape index (κ3) is 2.11. The minimum absolute atomic E-state index is 0.148. The Morgan fingerprint density at radius 3 is 2.72 bits per heavy atom. The monoisotopic (exact) mass is 261 g/mol. The van der Waals surface area contributed by atoms with Crippen LogP contribution in [0.4, 0.5) is 0 Å². The average molecular weight is 262 g/mol. The Morgan fingerprint density at radius 1 is 1.33 bits per heavy atom. The van der Waals surface area contributed by atoms with Crippen molar-refractivity contribution in [3.8, 4) is 5.69 Å². The van der Waals surface area contributed by atoms with E-state index in [1.807, 2.05) is 30.3 Å². The molecule has 1 aromatic carbocycles. The number of nitrogens with zero attached hydrogens (tertiary/aromatic N) is 2. The van der Waals surface area contributed by atoms with Crippen molar-refractivity contribution in [3.05, 3.63) is 47.2 Å². The molecule has 5 heteroatoms. The molecule has 4 nitrogen and oxygen atoms in total. The number of amides is 1. The van der Waals surface area contributed by atoms with Gasteiger partial charge in [-0.3, -0.25) is 4.79 Å². The molecule has 0 radical (unpaired) electrons. The van der Waals surface area contributed by atoms with Crippen LogP contribution in [0.5, 0.6) is 0 Å². The summed E-state index contributed by atoms with van der Waals surface area (Å²) in [6.45, 7) is 0. The molecule has 0 spiro atoms. The van der Waals surface area contributed by atoms with Crippen molar-refractivity contribution >= 4 is 17.5 Å². The van der Waals surface area contributed by atoms with Crippen molar-refractivity contribution in [3.63, 3.8) is 0 Å². The van der Waals surface area contributed by atoms with Crippen LogP contribution < -0.4 is 5.32 Å². The van der Waals surface area contributed by atoms with E-state index in [2.05, 4.69) is 10.4 Å². The van der Waals surface area contributed by atoms with Crippen molar-refractivity contribution in [2.45, 2.75) is 18.9 Å². The molecule has 1 N–H and O–H groups in total. The molecular formula is C13H12ClN3O. The van der Waals surface area contributed by atoms with E-state index in [0.717, 1.165) is 18.5 Å². The van der Waals surface area contributed by atoms with E-state index in [4.69, 9.17) is 11.6 Å².